The van der Waals surface area contributed by atoms with Crippen molar-refractivity contribution in [3.8, 4) is 0 Å². The molecular formula is C16H21N3O3S. The lowest BCUT2D eigenvalue weighted by molar-refractivity contribution is 0.340. The molecule has 2 aromatic rings. The molecule has 6 nitrogen and oxygen atoms in total. The molecule has 3 rings (SSSR count). The third kappa shape index (κ3) is 3.04. The summed E-state index contributed by atoms with van der Waals surface area (Å²) in [5, 5.41) is 3.88. The van der Waals surface area contributed by atoms with Crippen LogP contribution in [0.5, 0.6) is 0 Å². The van der Waals surface area contributed by atoms with Gasteiger partial charge in [-0.05, 0) is 31.4 Å². The molecule has 0 saturated heterocycles. The summed E-state index contributed by atoms with van der Waals surface area (Å²) < 4.78 is 33.7. The molecule has 1 aliphatic heterocycles. The van der Waals surface area contributed by atoms with Gasteiger partial charge in [0.1, 0.15) is 5.76 Å². The molecule has 1 aromatic carbocycles. The van der Waals surface area contributed by atoms with Crippen molar-refractivity contribution in [3.63, 3.8) is 0 Å². The summed E-state index contributed by atoms with van der Waals surface area (Å²) >= 11 is 0. The Morgan fingerprint density at radius 3 is 2.61 bits per heavy atom. The number of nitrogens with zero attached hydrogens (tertiary/aromatic N) is 3. The Balaban J connectivity index is 1.79. The van der Waals surface area contributed by atoms with Crippen molar-refractivity contribution in [1.29, 1.82) is 0 Å². The van der Waals surface area contributed by atoms with Crippen LogP contribution in [-0.4, -0.2) is 35.8 Å². The zero-order chi connectivity index (χ0) is 16.6. The summed E-state index contributed by atoms with van der Waals surface area (Å²) in [7, 11) is -1.92. The van der Waals surface area contributed by atoms with E-state index in [0.717, 1.165) is 23.2 Å². The summed E-state index contributed by atoms with van der Waals surface area (Å²) in [6.45, 7) is 4.81. The van der Waals surface area contributed by atoms with Crippen molar-refractivity contribution in [1.82, 2.24) is 13.8 Å². The van der Waals surface area contributed by atoms with Crippen molar-refractivity contribution in [2.45, 2.75) is 33.4 Å². The predicted octanol–water partition coefficient (Wildman–Crippen LogP) is 2.03. The molecule has 1 aromatic heterocycles. The highest BCUT2D eigenvalue weighted by Gasteiger charge is 2.31. The summed E-state index contributed by atoms with van der Waals surface area (Å²) in [5.74, 6) is 0.661. The fraction of sp³-hybridized carbons (Fsp3) is 0.438. The van der Waals surface area contributed by atoms with Gasteiger partial charge < -0.3 is 4.52 Å². The minimum absolute atomic E-state index is 0.266. The SMILES string of the molecule is Cc1noc(C)c1CN(C)S(=O)(=O)N1CCc2ccccc2C1. The van der Waals surface area contributed by atoms with Gasteiger partial charge in [0, 0.05) is 32.2 Å². The Hall–Kier alpha value is -1.70. The van der Waals surface area contributed by atoms with E-state index in [9.17, 15) is 8.42 Å². The maximum atomic E-state index is 12.8. The molecule has 0 radical (unpaired) electrons. The highest BCUT2D eigenvalue weighted by atomic mass is 32.2. The highest BCUT2D eigenvalue weighted by molar-refractivity contribution is 7.86. The van der Waals surface area contributed by atoms with Gasteiger partial charge in [0.05, 0.1) is 5.69 Å². The van der Waals surface area contributed by atoms with E-state index >= 15 is 0 Å². The fourth-order valence-corrected chi connectivity index (χ4v) is 4.21. The summed E-state index contributed by atoms with van der Waals surface area (Å²) in [4.78, 5) is 0. The van der Waals surface area contributed by atoms with Crippen LogP contribution in [0.2, 0.25) is 0 Å². The second-order valence-corrected chi connectivity index (χ2v) is 7.95. The summed E-state index contributed by atoms with van der Waals surface area (Å²) in [6.07, 6.45) is 0.745. The van der Waals surface area contributed by atoms with Crippen molar-refractivity contribution in [2.24, 2.45) is 0 Å². The van der Waals surface area contributed by atoms with Crippen LogP contribution in [0.25, 0.3) is 0 Å². The van der Waals surface area contributed by atoms with E-state index < -0.39 is 10.2 Å². The third-order valence-corrected chi connectivity index (χ3v) is 6.26. The molecule has 7 heteroatoms. The number of fused-ring (bicyclic) bond motifs is 1. The molecular weight excluding hydrogens is 314 g/mol. The molecule has 0 aliphatic carbocycles. The third-order valence-electron chi connectivity index (χ3n) is 4.38. The molecule has 0 saturated carbocycles. The van der Waals surface area contributed by atoms with E-state index in [1.54, 1.807) is 14.0 Å². The van der Waals surface area contributed by atoms with Crippen LogP contribution in [0.15, 0.2) is 28.8 Å². The van der Waals surface area contributed by atoms with Crippen molar-refractivity contribution in [3.05, 3.63) is 52.4 Å². The van der Waals surface area contributed by atoms with Crippen LogP contribution >= 0.6 is 0 Å². The number of hydrogen-bond acceptors (Lipinski definition) is 4. The molecule has 0 amide bonds. The number of benzene rings is 1. The summed E-state index contributed by atoms with van der Waals surface area (Å²) in [6, 6.07) is 7.99. The molecule has 2 heterocycles. The van der Waals surface area contributed by atoms with Gasteiger partial charge in [0.15, 0.2) is 0 Å². The average molecular weight is 335 g/mol. The second kappa shape index (κ2) is 6.07. The van der Waals surface area contributed by atoms with Crippen LogP contribution < -0.4 is 0 Å². The van der Waals surface area contributed by atoms with E-state index in [4.69, 9.17) is 4.52 Å². The number of rotatable bonds is 4. The first-order valence-corrected chi connectivity index (χ1v) is 8.99. The molecule has 0 bridgehead atoms. The molecule has 0 fully saturated rings. The molecule has 0 unspecified atom stereocenters. The number of aromatic nitrogens is 1. The van der Waals surface area contributed by atoms with Gasteiger partial charge in [-0.25, -0.2) is 0 Å². The van der Waals surface area contributed by atoms with Crippen molar-refractivity contribution in [2.75, 3.05) is 13.6 Å². The molecule has 1 aliphatic rings. The monoisotopic (exact) mass is 335 g/mol. The zero-order valence-electron chi connectivity index (χ0n) is 13.6. The van der Waals surface area contributed by atoms with Crippen LogP contribution in [0.3, 0.4) is 0 Å². The first-order valence-electron chi connectivity index (χ1n) is 7.59. The second-order valence-electron chi connectivity index (χ2n) is 5.92. The standard InChI is InChI=1S/C16H21N3O3S/c1-12-16(13(2)22-17-12)11-18(3)23(20,21)19-9-8-14-6-4-5-7-15(14)10-19/h4-7H,8-11H2,1-3H3. The van der Waals surface area contributed by atoms with E-state index in [1.165, 1.54) is 14.2 Å². The van der Waals surface area contributed by atoms with Crippen LogP contribution in [0.1, 0.15) is 28.1 Å². The van der Waals surface area contributed by atoms with Crippen LogP contribution in [0.4, 0.5) is 0 Å². The van der Waals surface area contributed by atoms with E-state index in [0.29, 0.717) is 18.8 Å². The van der Waals surface area contributed by atoms with Crippen molar-refractivity contribution >= 4 is 10.2 Å². The Morgan fingerprint density at radius 1 is 1.26 bits per heavy atom. The van der Waals surface area contributed by atoms with Crippen molar-refractivity contribution < 1.29 is 12.9 Å². The highest BCUT2D eigenvalue weighted by Crippen LogP contribution is 2.23. The predicted molar refractivity (Wildman–Crippen MR) is 86.9 cm³/mol. The van der Waals surface area contributed by atoms with Crippen LogP contribution in [0, 0.1) is 13.8 Å². The molecule has 23 heavy (non-hydrogen) atoms. The largest absolute Gasteiger partial charge is 0.361 e. The minimum atomic E-state index is -3.52. The summed E-state index contributed by atoms with van der Waals surface area (Å²) in [5.41, 5.74) is 3.86. The smallest absolute Gasteiger partial charge is 0.282 e. The Labute approximate surface area is 136 Å². The van der Waals surface area contributed by atoms with Gasteiger partial charge in [-0.3, -0.25) is 0 Å². The van der Waals surface area contributed by atoms with Gasteiger partial charge in [-0.2, -0.15) is 17.0 Å². The van der Waals surface area contributed by atoms with E-state index in [-0.39, 0.29) is 6.54 Å². The quantitative estimate of drug-likeness (QED) is 0.857. The van der Waals surface area contributed by atoms with E-state index in [2.05, 4.69) is 11.2 Å². The average Bonchev–Trinajstić information content (AvgIpc) is 2.86. The minimum Gasteiger partial charge on any atom is -0.361 e. The zero-order valence-corrected chi connectivity index (χ0v) is 14.4. The lowest BCUT2D eigenvalue weighted by Gasteiger charge is -2.31. The Morgan fingerprint density at radius 2 is 1.96 bits per heavy atom. The van der Waals surface area contributed by atoms with E-state index in [1.807, 2.05) is 25.1 Å². The van der Waals surface area contributed by atoms with Crippen LogP contribution in [-0.2, 0) is 29.7 Å². The van der Waals surface area contributed by atoms with Gasteiger partial charge in [-0.1, -0.05) is 29.4 Å². The topological polar surface area (TPSA) is 66.7 Å². The first-order chi connectivity index (χ1) is 10.9. The maximum absolute atomic E-state index is 12.8. The lowest BCUT2D eigenvalue weighted by atomic mass is 10.0. The normalized spacial score (nSPS) is 15.8. The fourth-order valence-electron chi connectivity index (χ4n) is 2.90. The molecule has 124 valence electrons. The van der Waals surface area contributed by atoms with Gasteiger partial charge in [0.2, 0.25) is 0 Å². The van der Waals surface area contributed by atoms with Gasteiger partial charge >= 0.3 is 0 Å². The Bertz CT molecular complexity index is 794. The number of aryl methyl sites for hydroxylation is 2. The molecule has 0 N–H and O–H groups in total. The molecule has 0 atom stereocenters. The number of hydrogen-bond donors (Lipinski definition) is 0. The molecule has 0 spiro atoms. The Kier molecular flexibility index (Phi) is 4.27. The lowest BCUT2D eigenvalue weighted by Crippen LogP contribution is -2.44. The maximum Gasteiger partial charge on any atom is 0.282 e. The first kappa shape index (κ1) is 16.2. The van der Waals surface area contributed by atoms with Gasteiger partial charge in [-0.15, -0.1) is 0 Å². The van der Waals surface area contributed by atoms with Gasteiger partial charge in [0.25, 0.3) is 10.2 Å².